The van der Waals surface area contributed by atoms with Gasteiger partial charge >= 0.3 is 5.97 Å². The largest absolute Gasteiger partial charge is 0.465 e. The molecular weight excluding hydrogens is 422 g/mol. The molecule has 146 valence electrons. The van der Waals surface area contributed by atoms with Crippen LogP contribution in [0.1, 0.15) is 17.3 Å². The number of ether oxygens (including phenoxy) is 1. The van der Waals surface area contributed by atoms with E-state index in [1.165, 1.54) is 41.2 Å². The van der Waals surface area contributed by atoms with Crippen LogP contribution in [0.2, 0.25) is 5.02 Å². The number of nitrogens with one attached hydrogen (secondary N) is 1. The fourth-order valence-electron chi connectivity index (χ4n) is 2.54. The Hall–Kier alpha value is -2.36. The molecule has 10 heteroatoms. The molecule has 2 aromatic heterocycles. The monoisotopic (exact) mass is 437 g/mol. The van der Waals surface area contributed by atoms with Crippen LogP contribution in [0.5, 0.6) is 0 Å². The van der Waals surface area contributed by atoms with Crippen LogP contribution in [0, 0.1) is 0 Å². The number of methoxy groups -OCH3 is 1. The highest BCUT2D eigenvalue weighted by molar-refractivity contribution is 7.99. The lowest BCUT2D eigenvalue weighted by Gasteiger charge is -2.12. The summed E-state index contributed by atoms with van der Waals surface area (Å²) < 4.78 is 6.85. The standard InChI is InChI=1S/C18H16ClN3O4S2/c1-3-22-16(24)15-12(6-7-27-15)21-18(22)28-9-14(23)20-13-8-10(19)4-5-11(13)17(25)26-2/h4-8H,3,9H2,1-2H3,(H,20,23). The zero-order valence-corrected chi connectivity index (χ0v) is 17.4. The van der Waals surface area contributed by atoms with Gasteiger partial charge in [0.2, 0.25) is 5.91 Å². The molecule has 0 radical (unpaired) electrons. The van der Waals surface area contributed by atoms with Crippen LogP contribution < -0.4 is 10.9 Å². The molecule has 0 aliphatic rings. The number of rotatable bonds is 6. The Kier molecular flexibility index (Phi) is 6.38. The van der Waals surface area contributed by atoms with Gasteiger partial charge in [-0.05, 0) is 36.6 Å². The third kappa shape index (κ3) is 4.21. The van der Waals surface area contributed by atoms with E-state index in [0.717, 1.165) is 11.8 Å². The molecule has 3 rings (SSSR count). The maximum Gasteiger partial charge on any atom is 0.339 e. The Bertz CT molecular complexity index is 1110. The van der Waals surface area contributed by atoms with Crippen LogP contribution in [-0.2, 0) is 16.1 Å². The maximum atomic E-state index is 12.5. The predicted molar refractivity (Wildman–Crippen MR) is 112 cm³/mol. The van der Waals surface area contributed by atoms with Crippen molar-refractivity contribution in [2.24, 2.45) is 0 Å². The van der Waals surface area contributed by atoms with Gasteiger partial charge in [0.1, 0.15) is 4.70 Å². The number of aromatic nitrogens is 2. The third-order valence-electron chi connectivity index (χ3n) is 3.84. The van der Waals surface area contributed by atoms with Crippen molar-refractivity contribution in [1.82, 2.24) is 9.55 Å². The third-order valence-corrected chi connectivity index (χ3v) is 5.94. The van der Waals surface area contributed by atoms with Crippen LogP contribution in [0.3, 0.4) is 0 Å². The summed E-state index contributed by atoms with van der Waals surface area (Å²) >= 11 is 8.46. The number of amides is 1. The van der Waals surface area contributed by atoms with Gasteiger partial charge in [0.25, 0.3) is 5.56 Å². The Balaban J connectivity index is 1.79. The van der Waals surface area contributed by atoms with E-state index in [-0.39, 0.29) is 28.5 Å². The molecule has 7 nitrogen and oxygen atoms in total. The van der Waals surface area contributed by atoms with Crippen LogP contribution in [0.15, 0.2) is 39.6 Å². The van der Waals surface area contributed by atoms with Crippen molar-refractivity contribution in [2.45, 2.75) is 18.6 Å². The highest BCUT2D eigenvalue weighted by Crippen LogP contribution is 2.24. The summed E-state index contributed by atoms with van der Waals surface area (Å²) in [6.07, 6.45) is 0. The number of anilines is 1. The van der Waals surface area contributed by atoms with E-state index in [1.807, 2.05) is 12.3 Å². The van der Waals surface area contributed by atoms with Gasteiger partial charge < -0.3 is 10.1 Å². The molecule has 1 aromatic carbocycles. The number of nitrogens with zero attached hydrogens (tertiary/aromatic N) is 2. The van der Waals surface area contributed by atoms with E-state index < -0.39 is 5.97 Å². The van der Waals surface area contributed by atoms with Crippen molar-refractivity contribution in [1.29, 1.82) is 0 Å². The molecule has 1 amide bonds. The summed E-state index contributed by atoms with van der Waals surface area (Å²) in [5.74, 6) is -0.932. The molecule has 0 aliphatic heterocycles. The summed E-state index contributed by atoms with van der Waals surface area (Å²) in [5.41, 5.74) is 0.964. The fraction of sp³-hybridized carbons (Fsp3) is 0.222. The molecule has 0 fully saturated rings. The molecule has 1 N–H and O–H groups in total. The molecule has 3 aromatic rings. The first-order valence-corrected chi connectivity index (χ1v) is 10.5. The second kappa shape index (κ2) is 8.76. The minimum atomic E-state index is -0.580. The van der Waals surface area contributed by atoms with Gasteiger partial charge in [-0.3, -0.25) is 14.2 Å². The maximum absolute atomic E-state index is 12.5. The zero-order chi connectivity index (χ0) is 20.3. The lowest BCUT2D eigenvalue weighted by atomic mass is 10.2. The highest BCUT2D eigenvalue weighted by Gasteiger charge is 2.16. The van der Waals surface area contributed by atoms with Crippen LogP contribution in [-0.4, -0.2) is 34.3 Å². The minimum Gasteiger partial charge on any atom is -0.465 e. The molecule has 28 heavy (non-hydrogen) atoms. The number of esters is 1. The number of fused-ring (bicyclic) bond motifs is 1. The van der Waals surface area contributed by atoms with Gasteiger partial charge in [0.05, 0.1) is 29.6 Å². The highest BCUT2D eigenvalue weighted by atomic mass is 35.5. The lowest BCUT2D eigenvalue weighted by molar-refractivity contribution is -0.113. The number of thiophene rings is 1. The Labute approximate surface area is 173 Å². The summed E-state index contributed by atoms with van der Waals surface area (Å²) in [6.45, 7) is 2.30. The number of carbonyl (C=O) groups excluding carboxylic acids is 2. The van der Waals surface area contributed by atoms with Crippen molar-refractivity contribution in [3.63, 3.8) is 0 Å². The van der Waals surface area contributed by atoms with Crippen LogP contribution >= 0.6 is 34.7 Å². The average Bonchev–Trinajstić information content (AvgIpc) is 3.15. The van der Waals surface area contributed by atoms with Crippen molar-refractivity contribution < 1.29 is 14.3 Å². The number of halogens is 1. The van der Waals surface area contributed by atoms with E-state index in [4.69, 9.17) is 16.3 Å². The predicted octanol–water partition coefficient (Wildman–Crippen LogP) is 3.65. The summed E-state index contributed by atoms with van der Waals surface area (Å²) in [5, 5.41) is 5.32. The normalized spacial score (nSPS) is 10.8. The molecule has 0 atom stereocenters. The van der Waals surface area contributed by atoms with Gasteiger partial charge in [-0.25, -0.2) is 9.78 Å². The summed E-state index contributed by atoms with van der Waals surface area (Å²) in [7, 11) is 1.26. The molecule has 0 saturated heterocycles. The molecule has 0 spiro atoms. The number of benzene rings is 1. The molecule has 0 unspecified atom stereocenters. The van der Waals surface area contributed by atoms with Crippen molar-refractivity contribution >= 4 is 62.5 Å². The van der Waals surface area contributed by atoms with Gasteiger partial charge in [-0.1, -0.05) is 23.4 Å². The minimum absolute atomic E-state index is 0.00914. The molecular formula is C18H16ClN3O4S2. The quantitative estimate of drug-likeness (QED) is 0.359. The van der Waals surface area contributed by atoms with Gasteiger partial charge in [0, 0.05) is 11.6 Å². The van der Waals surface area contributed by atoms with Crippen molar-refractivity contribution in [2.75, 3.05) is 18.2 Å². The Morgan fingerprint density at radius 3 is 2.86 bits per heavy atom. The molecule has 0 saturated carbocycles. The summed E-state index contributed by atoms with van der Waals surface area (Å²) in [6, 6.07) is 6.28. The van der Waals surface area contributed by atoms with Crippen molar-refractivity contribution in [3.8, 4) is 0 Å². The number of thioether (sulfide) groups is 1. The molecule has 0 bridgehead atoms. The van der Waals surface area contributed by atoms with E-state index in [1.54, 1.807) is 6.07 Å². The first kappa shape index (κ1) is 20.4. The number of carbonyl (C=O) groups is 2. The fourth-order valence-corrected chi connectivity index (χ4v) is 4.35. The van der Waals surface area contributed by atoms with E-state index >= 15 is 0 Å². The second-order valence-corrected chi connectivity index (χ2v) is 7.89. The van der Waals surface area contributed by atoms with E-state index in [0.29, 0.717) is 26.9 Å². The second-order valence-electron chi connectivity index (χ2n) is 5.60. The number of hydrogen-bond donors (Lipinski definition) is 1. The van der Waals surface area contributed by atoms with Crippen LogP contribution in [0.4, 0.5) is 5.69 Å². The molecule has 0 aliphatic carbocycles. The topological polar surface area (TPSA) is 90.3 Å². The van der Waals surface area contributed by atoms with E-state index in [2.05, 4.69) is 10.3 Å². The first-order valence-electron chi connectivity index (χ1n) is 8.23. The lowest BCUT2D eigenvalue weighted by Crippen LogP contribution is -2.23. The van der Waals surface area contributed by atoms with Gasteiger partial charge in [-0.2, -0.15) is 0 Å². The van der Waals surface area contributed by atoms with Crippen LogP contribution in [0.25, 0.3) is 10.2 Å². The van der Waals surface area contributed by atoms with E-state index in [9.17, 15) is 14.4 Å². The average molecular weight is 438 g/mol. The zero-order valence-electron chi connectivity index (χ0n) is 15.0. The Morgan fingerprint density at radius 1 is 1.36 bits per heavy atom. The van der Waals surface area contributed by atoms with Crippen molar-refractivity contribution in [3.05, 3.63) is 50.6 Å². The number of hydrogen-bond acceptors (Lipinski definition) is 7. The first-order chi connectivity index (χ1) is 13.4. The Morgan fingerprint density at radius 2 is 2.14 bits per heavy atom. The van der Waals surface area contributed by atoms with Gasteiger partial charge in [0.15, 0.2) is 5.16 Å². The SMILES string of the molecule is CCn1c(SCC(=O)Nc2cc(Cl)ccc2C(=O)OC)nc2ccsc2c1=O. The molecule has 2 heterocycles. The summed E-state index contributed by atoms with van der Waals surface area (Å²) in [4.78, 5) is 41.3. The van der Waals surface area contributed by atoms with Gasteiger partial charge in [-0.15, -0.1) is 11.3 Å². The smallest absolute Gasteiger partial charge is 0.339 e.